The van der Waals surface area contributed by atoms with Crippen molar-refractivity contribution in [3.63, 3.8) is 0 Å². The molecule has 1 aromatic rings. The van der Waals surface area contributed by atoms with Gasteiger partial charge in [0.2, 0.25) is 5.91 Å². The molecule has 0 aliphatic rings. The van der Waals surface area contributed by atoms with E-state index in [4.69, 9.17) is 10.2 Å². The first-order valence-corrected chi connectivity index (χ1v) is 6.33. The molecular formula is C14H19NO4. The molecule has 0 heterocycles. The number of nitrogens with one attached hydrogen (secondary N) is 1. The van der Waals surface area contributed by atoms with Gasteiger partial charge in [0.15, 0.2) is 0 Å². The predicted molar refractivity (Wildman–Crippen MR) is 70.9 cm³/mol. The van der Waals surface area contributed by atoms with Crippen molar-refractivity contribution in [3.05, 3.63) is 29.8 Å². The average molecular weight is 265 g/mol. The average Bonchev–Trinajstić information content (AvgIpc) is 2.38. The smallest absolute Gasteiger partial charge is 0.326 e. The molecule has 0 saturated heterocycles. The maximum Gasteiger partial charge on any atom is 0.326 e. The highest BCUT2D eigenvalue weighted by Gasteiger charge is 2.19. The molecule has 0 aliphatic heterocycles. The highest BCUT2D eigenvalue weighted by molar-refractivity contribution is 5.83. The fourth-order valence-corrected chi connectivity index (χ4v) is 1.67. The number of phenolic OH excluding ortho intramolecular Hbond substituents is 1. The van der Waals surface area contributed by atoms with Crippen LogP contribution in [0.15, 0.2) is 24.3 Å². The second kappa shape index (κ2) is 7.41. The molecule has 0 spiro atoms. The number of carboxylic acids is 1. The van der Waals surface area contributed by atoms with Crippen LogP contribution in [0.5, 0.6) is 5.75 Å². The van der Waals surface area contributed by atoms with Crippen LogP contribution in [0.2, 0.25) is 0 Å². The third kappa shape index (κ3) is 5.42. The molecule has 1 atom stereocenters. The van der Waals surface area contributed by atoms with Crippen molar-refractivity contribution in [1.29, 1.82) is 0 Å². The lowest BCUT2D eigenvalue weighted by atomic mass is 10.1. The Balaban J connectivity index is 2.60. The van der Waals surface area contributed by atoms with E-state index in [1.165, 1.54) is 12.1 Å². The molecule has 1 rings (SSSR count). The Kier molecular flexibility index (Phi) is 5.85. The van der Waals surface area contributed by atoms with Gasteiger partial charge in [-0.2, -0.15) is 0 Å². The maximum atomic E-state index is 11.5. The summed E-state index contributed by atoms with van der Waals surface area (Å²) in [6, 6.07) is 5.33. The molecule has 0 aliphatic carbocycles. The van der Waals surface area contributed by atoms with Crippen LogP contribution in [0.3, 0.4) is 0 Å². The summed E-state index contributed by atoms with van der Waals surface area (Å²) in [4.78, 5) is 22.7. The molecule has 0 bridgehead atoms. The second-order valence-electron chi connectivity index (χ2n) is 4.43. The third-order valence-electron chi connectivity index (χ3n) is 2.77. The summed E-state index contributed by atoms with van der Waals surface area (Å²) in [5.74, 6) is -1.17. The van der Waals surface area contributed by atoms with Gasteiger partial charge in [0.25, 0.3) is 0 Å². The number of rotatable bonds is 7. The fraction of sp³-hybridized carbons (Fsp3) is 0.429. The SMILES string of the molecule is CCCCC(=O)NC(Cc1ccc(O)cc1)C(=O)O. The Bertz CT molecular complexity index is 428. The number of hydrogen-bond donors (Lipinski definition) is 3. The monoisotopic (exact) mass is 265 g/mol. The van der Waals surface area contributed by atoms with Crippen molar-refractivity contribution in [2.24, 2.45) is 0 Å². The van der Waals surface area contributed by atoms with Crippen LogP contribution >= 0.6 is 0 Å². The zero-order valence-corrected chi connectivity index (χ0v) is 10.9. The first kappa shape index (κ1) is 15.0. The number of aromatic hydroxyl groups is 1. The van der Waals surface area contributed by atoms with Crippen molar-refractivity contribution < 1.29 is 19.8 Å². The first-order valence-electron chi connectivity index (χ1n) is 6.33. The highest BCUT2D eigenvalue weighted by atomic mass is 16.4. The molecule has 1 amide bonds. The van der Waals surface area contributed by atoms with Gasteiger partial charge in [0, 0.05) is 12.8 Å². The van der Waals surface area contributed by atoms with Gasteiger partial charge in [-0.1, -0.05) is 25.5 Å². The molecule has 5 nitrogen and oxygen atoms in total. The summed E-state index contributed by atoms with van der Waals surface area (Å²) in [6.07, 6.45) is 2.18. The Hall–Kier alpha value is -2.04. The van der Waals surface area contributed by atoms with E-state index >= 15 is 0 Å². The minimum atomic E-state index is -1.06. The number of aliphatic carboxylic acids is 1. The van der Waals surface area contributed by atoms with E-state index in [1.807, 2.05) is 6.92 Å². The Morgan fingerprint density at radius 3 is 2.42 bits per heavy atom. The summed E-state index contributed by atoms with van der Waals surface area (Å²) in [6.45, 7) is 1.97. The number of phenols is 1. The van der Waals surface area contributed by atoms with Crippen LogP contribution in [0.4, 0.5) is 0 Å². The number of hydrogen-bond acceptors (Lipinski definition) is 3. The lowest BCUT2D eigenvalue weighted by Gasteiger charge is -2.14. The number of amides is 1. The largest absolute Gasteiger partial charge is 0.508 e. The summed E-state index contributed by atoms with van der Waals surface area (Å²) >= 11 is 0. The Morgan fingerprint density at radius 2 is 1.89 bits per heavy atom. The van der Waals surface area contributed by atoms with Crippen LogP contribution < -0.4 is 5.32 Å². The van der Waals surface area contributed by atoms with E-state index in [-0.39, 0.29) is 18.1 Å². The summed E-state index contributed by atoms with van der Waals surface area (Å²) < 4.78 is 0. The van der Waals surface area contributed by atoms with E-state index in [2.05, 4.69) is 5.32 Å². The van der Waals surface area contributed by atoms with Gasteiger partial charge in [-0.25, -0.2) is 4.79 Å². The number of unbranched alkanes of at least 4 members (excludes halogenated alkanes) is 1. The predicted octanol–water partition coefficient (Wildman–Crippen LogP) is 1.69. The minimum Gasteiger partial charge on any atom is -0.508 e. The summed E-state index contributed by atoms with van der Waals surface area (Å²) in [5.41, 5.74) is 0.751. The lowest BCUT2D eigenvalue weighted by Crippen LogP contribution is -2.42. The van der Waals surface area contributed by atoms with Gasteiger partial charge in [-0.15, -0.1) is 0 Å². The summed E-state index contributed by atoms with van der Waals surface area (Å²) in [5, 5.41) is 20.8. The second-order valence-corrected chi connectivity index (χ2v) is 4.43. The van der Waals surface area contributed by atoms with E-state index in [1.54, 1.807) is 12.1 Å². The molecule has 0 aromatic heterocycles. The number of carbonyl (C=O) groups excluding carboxylic acids is 1. The summed E-state index contributed by atoms with van der Waals surface area (Å²) in [7, 11) is 0. The Morgan fingerprint density at radius 1 is 1.26 bits per heavy atom. The minimum absolute atomic E-state index is 0.127. The van der Waals surface area contributed by atoms with Crippen LogP contribution in [0.1, 0.15) is 31.7 Å². The standard InChI is InChI=1S/C14H19NO4/c1-2-3-4-13(17)15-12(14(18)19)9-10-5-7-11(16)8-6-10/h5-8,12,16H,2-4,9H2,1H3,(H,15,17)(H,18,19). The van der Waals surface area contributed by atoms with E-state index in [0.29, 0.717) is 6.42 Å². The topological polar surface area (TPSA) is 86.6 Å². The van der Waals surface area contributed by atoms with E-state index in [0.717, 1.165) is 18.4 Å². The van der Waals surface area contributed by atoms with Gasteiger partial charge < -0.3 is 15.5 Å². The van der Waals surface area contributed by atoms with E-state index < -0.39 is 12.0 Å². The van der Waals surface area contributed by atoms with Crippen molar-refractivity contribution >= 4 is 11.9 Å². The van der Waals surface area contributed by atoms with Crippen molar-refractivity contribution in [2.75, 3.05) is 0 Å². The lowest BCUT2D eigenvalue weighted by molar-refractivity contribution is -0.141. The first-order chi connectivity index (χ1) is 9.02. The molecule has 5 heteroatoms. The number of carboxylic acid groups (broad SMARTS) is 1. The van der Waals surface area contributed by atoms with Crippen LogP contribution in [0.25, 0.3) is 0 Å². The number of benzene rings is 1. The molecule has 0 fully saturated rings. The molecule has 1 unspecified atom stereocenters. The third-order valence-corrected chi connectivity index (χ3v) is 2.77. The van der Waals surface area contributed by atoms with Crippen molar-refractivity contribution in [1.82, 2.24) is 5.32 Å². The normalized spacial score (nSPS) is 11.8. The van der Waals surface area contributed by atoms with Crippen molar-refractivity contribution in [2.45, 2.75) is 38.6 Å². The van der Waals surface area contributed by atoms with Gasteiger partial charge >= 0.3 is 5.97 Å². The van der Waals surface area contributed by atoms with Gasteiger partial charge in [-0.05, 0) is 24.1 Å². The molecule has 0 saturated carbocycles. The maximum absolute atomic E-state index is 11.5. The highest BCUT2D eigenvalue weighted by Crippen LogP contribution is 2.11. The Labute approximate surface area is 112 Å². The molecular weight excluding hydrogens is 246 g/mol. The van der Waals surface area contributed by atoms with E-state index in [9.17, 15) is 9.59 Å². The zero-order valence-electron chi connectivity index (χ0n) is 10.9. The van der Waals surface area contributed by atoms with Gasteiger partial charge in [-0.3, -0.25) is 4.79 Å². The molecule has 3 N–H and O–H groups in total. The van der Waals surface area contributed by atoms with Crippen LogP contribution in [-0.2, 0) is 16.0 Å². The quantitative estimate of drug-likeness (QED) is 0.700. The van der Waals surface area contributed by atoms with Crippen LogP contribution in [-0.4, -0.2) is 28.1 Å². The van der Waals surface area contributed by atoms with Crippen molar-refractivity contribution in [3.8, 4) is 5.75 Å². The molecule has 104 valence electrons. The molecule has 19 heavy (non-hydrogen) atoms. The van der Waals surface area contributed by atoms with Gasteiger partial charge in [0.05, 0.1) is 0 Å². The fourth-order valence-electron chi connectivity index (χ4n) is 1.67. The zero-order chi connectivity index (χ0) is 14.3. The van der Waals surface area contributed by atoms with Crippen LogP contribution in [0, 0.1) is 0 Å². The number of carbonyl (C=O) groups is 2. The molecule has 1 aromatic carbocycles. The molecule has 0 radical (unpaired) electrons. The van der Waals surface area contributed by atoms with Gasteiger partial charge in [0.1, 0.15) is 11.8 Å².